The molecule has 0 aliphatic carbocycles. The van der Waals surface area contributed by atoms with Crippen LogP contribution in [0.3, 0.4) is 0 Å². The molecule has 17 heavy (non-hydrogen) atoms. The number of nitrogens with zero attached hydrogens (tertiary/aromatic N) is 2. The molecular weight excluding hydrogens is 218 g/mol. The average molecular weight is 233 g/mol. The van der Waals surface area contributed by atoms with Crippen molar-refractivity contribution in [1.29, 1.82) is 0 Å². The van der Waals surface area contributed by atoms with Gasteiger partial charge in [0.25, 0.3) is 5.69 Å². The molecule has 0 amide bonds. The lowest BCUT2D eigenvalue weighted by Crippen LogP contribution is -2.23. The van der Waals surface area contributed by atoms with Gasteiger partial charge in [0, 0.05) is 19.2 Å². The topological polar surface area (TPSA) is 72.4 Å². The number of nitrogen functional groups attached to an aromatic ring is 1. The van der Waals surface area contributed by atoms with Gasteiger partial charge < -0.3 is 10.6 Å². The van der Waals surface area contributed by atoms with Crippen LogP contribution in [0.4, 0.5) is 11.4 Å². The minimum absolute atomic E-state index is 0.0257. The molecule has 0 unspecified atom stereocenters. The minimum Gasteiger partial charge on any atom is -0.393 e. The quantitative estimate of drug-likeness (QED) is 0.481. The minimum atomic E-state index is -0.456. The van der Waals surface area contributed by atoms with Crippen molar-refractivity contribution in [2.75, 3.05) is 25.9 Å². The van der Waals surface area contributed by atoms with Gasteiger partial charge in [-0.1, -0.05) is 6.08 Å². The fourth-order valence-electron chi connectivity index (χ4n) is 1.95. The summed E-state index contributed by atoms with van der Waals surface area (Å²) in [5.41, 5.74) is 8.08. The van der Waals surface area contributed by atoms with E-state index < -0.39 is 4.92 Å². The lowest BCUT2D eigenvalue weighted by molar-refractivity contribution is -0.383. The van der Waals surface area contributed by atoms with E-state index in [4.69, 9.17) is 5.73 Å². The Morgan fingerprint density at radius 2 is 2.24 bits per heavy atom. The van der Waals surface area contributed by atoms with E-state index in [1.165, 1.54) is 11.6 Å². The highest BCUT2D eigenvalue weighted by atomic mass is 16.6. The Bertz CT molecular complexity index is 483. The van der Waals surface area contributed by atoms with Crippen molar-refractivity contribution < 1.29 is 4.92 Å². The summed E-state index contributed by atoms with van der Waals surface area (Å²) >= 11 is 0. The summed E-state index contributed by atoms with van der Waals surface area (Å²) in [7, 11) is 2.07. The van der Waals surface area contributed by atoms with Gasteiger partial charge in [0.2, 0.25) is 0 Å². The molecule has 0 aromatic heterocycles. The van der Waals surface area contributed by atoms with Gasteiger partial charge in [-0.2, -0.15) is 0 Å². The summed E-state index contributed by atoms with van der Waals surface area (Å²) in [5, 5.41) is 10.7. The first-order chi connectivity index (χ1) is 8.08. The molecule has 90 valence electrons. The molecule has 0 radical (unpaired) electrons. The van der Waals surface area contributed by atoms with E-state index in [0.29, 0.717) is 0 Å². The Hall–Kier alpha value is -1.88. The Morgan fingerprint density at radius 3 is 2.76 bits per heavy atom. The van der Waals surface area contributed by atoms with Crippen LogP contribution in [0.25, 0.3) is 5.57 Å². The molecular formula is C12H15N3O2. The first-order valence-corrected chi connectivity index (χ1v) is 5.50. The van der Waals surface area contributed by atoms with E-state index in [1.54, 1.807) is 12.1 Å². The zero-order chi connectivity index (χ0) is 12.4. The van der Waals surface area contributed by atoms with E-state index in [1.807, 2.05) is 0 Å². The van der Waals surface area contributed by atoms with E-state index in [2.05, 4.69) is 18.0 Å². The molecule has 5 heteroatoms. The summed E-state index contributed by atoms with van der Waals surface area (Å²) in [6.07, 6.45) is 3.10. The Kier molecular flexibility index (Phi) is 3.10. The van der Waals surface area contributed by atoms with Gasteiger partial charge in [-0.3, -0.25) is 10.1 Å². The highest BCUT2D eigenvalue weighted by Gasteiger charge is 2.14. The van der Waals surface area contributed by atoms with Crippen LogP contribution in [0.1, 0.15) is 12.0 Å². The van der Waals surface area contributed by atoms with Crippen LogP contribution >= 0.6 is 0 Å². The van der Waals surface area contributed by atoms with Gasteiger partial charge >= 0.3 is 0 Å². The van der Waals surface area contributed by atoms with Crippen molar-refractivity contribution in [3.63, 3.8) is 0 Å². The van der Waals surface area contributed by atoms with Crippen LogP contribution in [0.15, 0.2) is 24.3 Å². The molecule has 1 aromatic rings. The van der Waals surface area contributed by atoms with Crippen molar-refractivity contribution in [2.24, 2.45) is 0 Å². The first kappa shape index (κ1) is 11.6. The summed E-state index contributed by atoms with van der Waals surface area (Å²) in [4.78, 5) is 12.4. The van der Waals surface area contributed by atoms with Gasteiger partial charge in [-0.15, -0.1) is 0 Å². The van der Waals surface area contributed by atoms with E-state index in [-0.39, 0.29) is 11.4 Å². The molecule has 0 bridgehead atoms. The Labute approximate surface area is 99.7 Å². The van der Waals surface area contributed by atoms with Crippen molar-refractivity contribution in [3.05, 3.63) is 40.0 Å². The molecule has 0 fully saturated rings. The number of hydrogen-bond acceptors (Lipinski definition) is 4. The van der Waals surface area contributed by atoms with Gasteiger partial charge in [0.1, 0.15) is 5.69 Å². The van der Waals surface area contributed by atoms with Gasteiger partial charge in [0.15, 0.2) is 0 Å². The molecule has 0 saturated heterocycles. The summed E-state index contributed by atoms with van der Waals surface area (Å²) in [5.74, 6) is 0. The maximum absolute atomic E-state index is 10.7. The third kappa shape index (κ3) is 2.45. The third-order valence-corrected chi connectivity index (χ3v) is 3.01. The zero-order valence-electron chi connectivity index (χ0n) is 9.72. The molecule has 1 aromatic carbocycles. The standard InChI is InChI=1S/C12H15N3O2/c1-14-6-4-9(5-7-14)10-2-3-12(15(16)17)11(13)8-10/h2-4,8H,5-7,13H2,1H3. The monoisotopic (exact) mass is 233 g/mol. The second-order valence-electron chi connectivity index (χ2n) is 4.27. The predicted octanol–water partition coefficient (Wildman–Crippen LogP) is 1.90. The second kappa shape index (κ2) is 4.55. The highest BCUT2D eigenvalue weighted by Crippen LogP contribution is 2.28. The Morgan fingerprint density at radius 1 is 1.47 bits per heavy atom. The fourth-order valence-corrected chi connectivity index (χ4v) is 1.95. The van der Waals surface area contributed by atoms with Crippen molar-refractivity contribution >= 4 is 16.9 Å². The Balaban J connectivity index is 2.29. The normalized spacial score (nSPS) is 16.6. The molecule has 2 rings (SSSR count). The van der Waals surface area contributed by atoms with Crippen LogP contribution in [0.2, 0.25) is 0 Å². The van der Waals surface area contributed by atoms with Gasteiger partial charge in [-0.25, -0.2) is 0 Å². The maximum atomic E-state index is 10.7. The largest absolute Gasteiger partial charge is 0.393 e. The van der Waals surface area contributed by atoms with Crippen LogP contribution in [0, 0.1) is 10.1 Å². The lowest BCUT2D eigenvalue weighted by atomic mass is 9.99. The number of nitro benzene ring substituents is 1. The molecule has 5 nitrogen and oxygen atoms in total. The van der Waals surface area contributed by atoms with Gasteiger partial charge in [-0.05, 0) is 36.7 Å². The molecule has 0 saturated carbocycles. The van der Waals surface area contributed by atoms with E-state index in [0.717, 1.165) is 25.1 Å². The summed E-state index contributed by atoms with van der Waals surface area (Å²) in [6, 6.07) is 4.94. The third-order valence-electron chi connectivity index (χ3n) is 3.01. The number of hydrogen-bond donors (Lipinski definition) is 1. The highest BCUT2D eigenvalue weighted by molar-refractivity contribution is 5.72. The first-order valence-electron chi connectivity index (χ1n) is 5.50. The van der Waals surface area contributed by atoms with Crippen molar-refractivity contribution in [3.8, 4) is 0 Å². The predicted molar refractivity (Wildman–Crippen MR) is 67.6 cm³/mol. The fraction of sp³-hybridized carbons (Fsp3) is 0.333. The average Bonchev–Trinajstić information content (AvgIpc) is 2.29. The van der Waals surface area contributed by atoms with Crippen molar-refractivity contribution in [2.45, 2.75) is 6.42 Å². The van der Waals surface area contributed by atoms with E-state index in [9.17, 15) is 10.1 Å². The lowest BCUT2D eigenvalue weighted by Gasteiger charge is -2.22. The second-order valence-corrected chi connectivity index (χ2v) is 4.27. The molecule has 0 spiro atoms. The van der Waals surface area contributed by atoms with Crippen LogP contribution in [-0.2, 0) is 0 Å². The molecule has 0 atom stereocenters. The molecule has 1 aliphatic heterocycles. The van der Waals surface area contributed by atoms with Crippen LogP contribution < -0.4 is 5.73 Å². The van der Waals surface area contributed by atoms with Crippen molar-refractivity contribution in [1.82, 2.24) is 4.90 Å². The van der Waals surface area contributed by atoms with Crippen LogP contribution in [0.5, 0.6) is 0 Å². The van der Waals surface area contributed by atoms with Gasteiger partial charge in [0.05, 0.1) is 4.92 Å². The number of rotatable bonds is 2. The van der Waals surface area contributed by atoms with E-state index >= 15 is 0 Å². The zero-order valence-corrected chi connectivity index (χ0v) is 9.72. The molecule has 1 aliphatic rings. The molecule has 1 heterocycles. The molecule has 2 N–H and O–H groups in total. The SMILES string of the molecule is CN1CC=C(c2ccc([N+](=O)[O-])c(N)c2)CC1. The number of likely N-dealkylation sites (N-methyl/N-ethyl adjacent to an activating group) is 1. The maximum Gasteiger partial charge on any atom is 0.292 e. The number of benzene rings is 1. The summed E-state index contributed by atoms with van der Waals surface area (Å²) in [6.45, 7) is 1.91. The smallest absolute Gasteiger partial charge is 0.292 e. The number of nitrogens with two attached hydrogens (primary N) is 1. The number of anilines is 1. The summed E-state index contributed by atoms with van der Waals surface area (Å²) < 4.78 is 0. The number of nitro groups is 1. The van der Waals surface area contributed by atoms with Crippen LogP contribution in [-0.4, -0.2) is 30.0 Å².